The van der Waals surface area contributed by atoms with Gasteiger partial charge in [-0.3, -0.25) is 14.4 Å². The van der Waals surface area contributed by atoms with Crippen LogP contribution in [-0.4, -0.2) is 52.3 Å². The van der Waals surface area contributed by atoms with Crippen molar-refractivity contribution in [1.29, 1.82) is 0 Å². The maximum atomic E-state index is 13.8. The zero-order valence-corrected chi connectivity index (χ0v) is 14.3. The van der Waals surface area contributed by atoms with Gasteiger partial charge in [0.2, 0.25) is 12.3 Å². The summed E-state index contributed by atoms with van der Waals surface area (Å²) in [5.74, 6) is -0.425. The van der Waals surface area contributed by atoms with E-state index < -0.39 is 30.3 Å². The predicted octanol–water partition coefficient (Wildman–Crippen LogP) is 2.13. The van der Waals surface area contributed by atoms with Crippen LogP contribution in [0, 0.1) is 5.41 Å². The first-order chi connectivity index (χ1) is 11.2. The molecular weight excluding hydrogens is 321 g/mol. The van der Waals surface area contributed by atoms with Crippen LogP contribution in [0.5, 0.6) is 0 Å². The molecule has 1 aromatic rings. The molecule has 2 atom stereocenters. The normalized spacial score (nSPS) is 22.3. The van der Waals surface area contributed by atoms with E-state index in [1.165, 1.54) is 13.8 Å². The molecule has 0 radical (unpaired) electrons. The van der Waals surface area contributed by atoms with Gasteiger partial charge in [0.15, 0.2) is 0 Å². The first-order valence-electron chi connectivity index (χ1n) is 8.09. The van der Waals surface area contributed by atoms with Crippen LogP contribution in [0.3, 0.4) is 0 Å². The van der Waals surface area contributed by atoms with Gasteiger partial charge in [-0.25, -0.2) is 13.2 Å². The molecule has 0 spiro atoms. The summed E-state index contributed by atoms with van der Waals surface area (Å²) in [5.41, 5.74) is -0.170. The molecule has 1 saturated heterocycles. The number of aryl methyl sites for hydroxylation is 1. The second-order valence-corrected chi connectivity index (χ2v) is 7.13. The van der Waals surface area contributed by atoms with Gasteiger partial charge in [0.1, 0.15) is 6.17 Å². The number of hydrogen-bond donors (Lipinski definition) is 1. The summed E-state index contributed by atoms with van der Waals surface area (Å²) in [6, 6.07) is -0.147. The molecule has 24 heavy (non-hydrogen) atoms. The lowest BCUT2D eigenvalue weighted by Gasteiger charge is -2.27. The highest BCUT2D eigenvalue weighted by atomic mass is 19.3. The van der Waals surface area contributed by atoms with Gasteiger partial charge in [-0.2, -0.15) is 5.10 Å². The van der Waals surface area contributed by atoms with Crippen molar-refractivity contribution < 1.29 is 18.0 Å². The van der Waals surface area contributed by atoms with Gasteiger partial charge in [-0.05, 0) is 6.42 Å². The molecule has 1 amide bonds. The van der Waals surface area contributed by atoms with Crippen LogP contribution < -0.4 is 5.32 Å². The van der Waals surface area contributed by atoms with E-state index >= 15 is 0 Å². The van der Waals surface area contributed by atoms with Crippen molar-refractivity contribution >= 4 is 5.91 Å². The van der Waals surface area contributed by atoms with Crippen LogP contribution in [-0.2, 0) is 18.4 Å². The molecular formula is C16H25F3N4O. The van der Waals surface area contributed by atoms with Crippen molar-refractivity contribution in [3.63, 3.8) is 0 Å². The van der Waals surface area contributed by atoms with Crippen LogP contribution in [0.25, 0.3) is 0 Å². The number of halogens is 3. The Morgan fingerprint density at radius 1 is 1.50 bits per heavy atom. The first-order valence-corrected chi connectivity index (χ1v) is 8.09. The molecule has 0 saturated carbocycles. The zero-order valence-electron chi connectivity index (χ0n) is 14.3. The van der Waals surface area contributed by atoms with Crippen molar-refractivity contribution in [3.05, 3.63) is 18.0 Å². The summed E-state index contributed by atoms with van der Waals surface area (Å²) < 4.78 is 40.6. The standard InChI is InChI=1S/C16H25F3N4O/c1-16(2,5-14(18)19)15(24)20-7-13-4-12(17)10-23(13)9-11-6-21-22(3)8-11/h6,8,12-14H,4-5,7,9-10H2,1-3H3,(H,20,24)/t12-,13-/m0/s1. The number of amides is 1. The Bertz CT molecular complexity index is 561. The van der Waals surface area contributed by atoms with E-state index in [2.05, 4.69) is 10.4 Å². The van der Waals surface area contributed by atoms with Crippen LogP contribution in [0.15, 0.2) is 12.4 Å². The lowest BCUT2D eigenvalue weighted by Crippen LogP contribution is -2.44. The fourth-order valence-corrected chi connectivity index (χ4v) is 3.04. The zero-order chi connectivity index (χ0) is 17.9. The average Bonchev–Trinajstić information content (AvgIpc) is 3.01. The largest absolute Gasteiger partial charge is 0.354 e. The number of carbonyl (C=O) groups excluding carboxylic acids is 1. The quantitative estimate of drug-likeness (QED) is 0.823. The van der Waals surface area contributed by atoms with Gasteiger partial charge >= 0.3 is 0 Å². The van der Waals surface area contributed by atoms with E-state index in [4.69, 9.17) is 0 Å². The lowest BCUT2D eigenvalue weighted by molar-refractivity contribution is -0.131. The topological polar surface area (TPSA) is 50.2 Å². The van der Waals surface area contributed by atoms with Crippen molar-refractivity contribution in [2.45, 2.75) is 51.9 Å². The lowest BCUT2D eigenvalue weighted by atomic mass is 9.88. The number of nitrogens with zero attached hydrogens (tertiary/aromatic N) is 3. The van der Waals surface area contributed by atoms with E-state index in [1.807, 2.05) is 18.1 Å². The SMILES string of the molecule is Cn1cc(CN2C[C@@H](F)C[C@H]2CNC(=O)C(C)(C)CC(F)F)cn1. The fraction of sp³-hybridized carbons (Fsp3) is 0.750. The minimum absolute atomic E-state index is 0.147. The molecule has 1 aliphatic heterocycles. The highest BCUT2D eigenvalue weighted by molar-refractivity contribution is 5.81. The average molecular weight is 346 g/mol. The van der Waals surface area contributed by atoms with E-state index in [0.29, 0.717) is 19.5 Å². The Kier molecular flexibility index (Phi) is 5.90. The molecule has 1 aromatic heterocycles. The highest BCUT2D eigenvalue weighted by Gasteiger charge is 2.35. The predicted molar refractivity (Wildman–Crippen MR) is 84.3 cm³/mol. The van der Waals surface area contributed by atoms with Crippen molar-refractivity contribution in [3.8, 4) is 0 Å². The summed E-state index contributed by atoms with van der Waals surface area (Å²) in [7, 11) is 1.81. The second kappa shape index (κ2) is 7.55. The van der Waals surface area contributed by atoms with Gasteiger partial charge < -0.3 is 5.32 Å². The summed E-state index contributed by atoms with van der Waals surface area (Å²) in [6.07, 6.45) is -0.0446. The Labute approximate surface area is 140 Å². The Morgan fingerprint density at radius 3 is 2.79 bits per heavy atom. The third-order valence-corrected chi connectivity index (χ3v) is 4.40. The van der Waals surface area contributed by atoms with Crippen LogP contribution in [0.1, 0.15) is 32.3 Å². The second-order valence-electron chi connectivity index (χ2n) is 7.13. The molecule has 1 N–H and O–H groups in total. The number of nitrogens with one attached hydrogen (secondary N) is 1. The molecule has 2 heterocycles. The van der Waals surface area contributed by atoms with Crippen LogP contribution in [0.2, 0.25) is 0 Å². The smallest absolute Gasteiger partial charge is 0.239 e. The van der Waals surface area contributed by atoms with Gasteiger partial charge in [0.25, 0.3) is 0 Å². The van der Waals surface area contributed by atoms with E-state index in [-0.39, 0.29) is 12.6 Å². The molecule has 2 rings (SSSR count). The molecule has 5 nitrogen and oxygen atoms in total. The molecule has 136 valence electrons. The molecule has 0 bridgehead atoms. The van der Waals surface area contributed by atoms with Crippen LogP contribution >= 0.6 is 0 Å². The first kappa shape index (κ1) is 18.8. The van der Waals surface area contributed by atoms with Crippen molar-refractivity contribution in [2.75, 3.05) is 13.1 Å². The van der Waals surface area contributed by atoms with Gasteiger partial charge in [0, 0.05) is 56.3 Å². The molecule has 1 aliphatic rings. The minimum Gasteiger partial charge on any atom is -0.354 e. The molecule has 0 aromatic carbocycles. The van der Waals surface area contributed by atoms with Gasteiger partial charge in [-0.15, -0.1) is 0 Å². The Morgan fingerprint density at radius 2 is 2.21 bits per heavy atom. The van der Waals surface area contributed by atoms with Gasteiger partial charge in [-0.1, -0.05) is 13.8 Å². The third-order valence-electron chi connectivity index (χ3n) is 4.40. The summed E-state index contributed by atoms with van der Waals surface area (Å²) in [5, 5.41) is 6.80. The van der Waals surface area contributed by atoms with Crippen molar-refractivity contribution in [1.82, 2.24) is 20.0 Å². The number of rotatable bonds is 7. The number of carbonyl (C=O) groups is 1. The third kappa shape index (κ3) is 4.96. The number of hydrogen-bond acceptors (Lipinski definition) is 3. The highest BCUT2D eigenvalue weighted by Crippen LogP contribution is 2.26. The minimum atomic E-state index is -2.53. The summed E-state index contributed by atoms with van der Waals surface area (Å²) in [6.45, 7) is 4.10. The number of alkyl halides is 3. The van der Waals surface area contributed by atoms with E-state index in [1.54, 1.807) is 10.9 Å². The number of aromatic nitrogens is 2. The maximum Gasteiger partial charge on any atom is 0.239 e. The summed E-state index contributed by atoms with van der Waals surface area (Å²) >= 11 is 0. The number of likely N-dealkylation sites (tertiary alicyclic amines) is 1. The monoisotopic (exact) mass is 346 g/mol. The Balaban J connectivity index is 1.91. The van der Waals surface area contributed by atoms with E-state index in [9.17, 15) is 18.0 Å². The summed E-state index contributed by atoms with van der Waals surface area (Å²) in [4.78, 5) is 14.1. The molecule has 0 aliphatic carbocycles. The molecule has 1 fully saturated rings. The maximum absolute atomic E-state index is 13.8. The van der Waals surface area contributed by atoms with Crippen molar-refractivity contribution in [2.24, 2.45) is 12.5 Å². The fourth-order valence-electron chi connectivity index (χ4n) is 3.04. The molecule has 8 heteroatoms. The van der Waals surface area contributed by atoms with Gasteiger partial charge in [0.05, 0.1) is 6.20 Å². The van der Waals surface area contributed by atoms with Crippen LogP contribution in [0.4, 0.5) is 13.2 Å². The van der Waals surface area contributed by atoms with E-state index in [0.717, 1.165) is 5.56 Å². The molecule has 0 unspecified atom stereocenters. The Hall–Kier alpha value is -1.57.